The summed E-state index contributed by atoms with van der Waals surface area (Å²) in [5.74, 6) is -1.38. The van der Waals surface area contributed by atoms with Crippen LogP contribution < -0.4 is 5.32 Å². The molecule has 150 valence electrons. The summed E-state index contributed by atoms with van der Waals surface area (Å²) in [5, 5.41) is 12.6. The fourth-order valence-electron chi connectivity index (χ4n) is 3.86. The van der Waals surface area contributed by atoms with Crippen LogP contribution in [-0.2, 0) is 0 Å². The number of pyridine rings is 1. The zero-order chi connectivity index (χ0) is 20.4. The van der Waals surface area contributed by atoms with E-state index in [1.54, 1.807) is 22.7 Å². The zero-order valence-electron chi connectivity index (χ0n) is 15.8. The van der Waals surface area contributed by atoms with Gasteiger partial charge in [-0.3, -0.25) is 14.0 Å². The predicted molar refractivity (Wildman–Crippen MR) is 106 cm³/mol. The topological polar surface area (TPSA) is 83.7 Å². The number of hydrogen-bond acceptors (Lipinski definition) is 4. The van der Waals surface area contributed by atoms with Crippen LogP contribution in [0.15, 0.2) is 48.8 Å². The summed E-state index contributed by atoms with van der Waals surface area (Å²) in [6, 6.07) is 9.28. The number of amides is 1. The third kappa shape index (κ3) is 4.05. The second kappa shape index (κ2) is 8.13. The number of hydrogen-bond donors (Lipinski definition) is 2. The fraction of sp³-hybridized carbons (Fsp3) is 0.318. The number of fused-ring (bicyclic) bond motifs is 1. The number of rotatable bonds is 5. The molecule has 1 aromatic carbocycles. The van der Waals surface area contributed by atoms with E-state index in [2.05, 4.69) is 10.3 Å². The minimum atomic E-state index is -0.624. The van der Waals surface area contributed by atoms with E-state index in [9.17, 15) is 19.1 Å². The quantitative estimate of drug-likeness (QED) is 0.643. The van der Waals surface area contributed by atoms with E-state index in [1.807, 2.05) is 6.07 Å². The van der Waals surface area contributed by atoms with Crippen molar-refractivity contribution in [3.63, 3.8) is 0 Å². The molecule has 1 aliphatic carbocycles. The number of anilines is 1. The number of imidazole rings is 1. The maximum Gasteiger partial charge on any atom is 0.274 e. The molecular weight excluding hydrogens is 373 g/mol. The van der Waals surface area contributed by atoms with Crippen molar-refractivity contribution in [2.24, 2.45) is 5.92 Å². The molecule has 2 heterocycles. The van der Waals surface area contributed by atoms with Crippen LogP contribution in [0.1, 0.15) is 53.0 Å². The van der Waals surface area contributed by atoms with Crippen LogP contribution in [0.2, 0.25) is 0 Å². The Bertz CT molecular complexity index is 1060. The van der Waals surface area contributed by atoms with E-state index in [0.29, 0.717) is 17.6 Å². The van der Waals surface area contributed by atoms with Gasteiger partial charge in [0.25, 0.3) is 5.91 Å². The molecule has 0 unspecified atom stereocenters. The maximum atomic E-state index is 14.3. The largest absolute Gasteiger partial charge is 0.393 e. The van der Waals surface area contributed by atoms with Gasteiger partial charge in [0.2, 0.25) is 0 Å². The summed E-state index contributed by atoms with van der Waals surface area (Å²) in [4.78, 5) is 29.4. The van der Waals surface area contributed by atoms with Crippen molar-refractivity contribution in [2.75, 3.05) is 5.32 Å². The molecule has 6 nitrogen and oxygen atoms in total. The summed E-state index contributed by atoms with van der Waals surface area (Å²) in [7, 11) is 0. The van der Waals surface area contributed by atoms with E-state index in [1.165, 1.54) is 24.4 Å². The molecule has 0 radical (unpaired) electrons. The van der Waals surface area contributed by atoms with Gasteiger partial charge in [0.05, 0.1) is 18.0 Å². The van der Waals surface area contributed by atoms with Gasteiger partial charge in [0.1, 0.15) is 17.2 Å². The van der Waals surface area contributed by atoms with E-state index < -0.39 is 17.8 Å². The molecule has 1 fully saturated rings. The van der Waals surface area contributed by atoms with E-state index in [-0.39, 0.29) is 29.5 Å². The van der Waals surface area contributed by atoms with E-state index in [4.69, 9.17) is 0 Å². The first kappa shape index (κ1) is 19.3. The van der Waals surface area contributed by atoms with Gasteiger partial charge < -0.3 is 10.4 Å². The maximum absolute atomic E-state index is 14.3. The number of aliphatic hydroxyl groups excluding tert-OH is 1. The zero-order valence-corrected chi connectivity index (χ0v) is 15.8. The molecule has 29 heavy (non-hydrogen) atoms. The molecule has 1 amide bonds. The minimum Gasteiger partial charge on any atom is -0.393 e. The molecule has 7 heteroatoms. The first-order valence-corrected chi connectivity index (χ1v) is 9.77. The first-order chi connectivity index (χ1) is 14.0. The number of halogens is 1. The summed E-state index contributed by atoms with van der Waals surface area (Å²) in [5.41, 5.74) is 1.13. The van der Waals surface area contributed by atoms with Crippen LogP contribution in [0.3, 0.4) is 0 Å². The van der Waals surface area contributed by atoms with Crippen molar-refractivity contribution < 1.29 is 19.1 Å². The van der Waals surface area contributed by atoms with Crippen LogP contribution in [0, 0.1) is 11.7 Å². The highest BCUT2D eigenvalue weighted by Crippen LogP contribution is 2.29. The van der Waals surface area contributed by atoms with E-state index in [0.717, 1.165) is 19.3 Å². The van der Waals surface area contributed by atoms with Crippen molar-refractivity contribution in [2.45, 2.75) is 38.2 Å². The number of benzene rings is 1. The molecule has 2 atom stereocenters. The van der Waals surface area contributed by atoms with Gasteiger partial charge in [-0.2, -0.15) is 0 Å². The minimum absolute atomic E-state index is 0.0593. The lowest BCUT2D eigenvalue weighted by Gasteiger charge is -2.26. The normalized spacial score (nSPS) is 19.2. The molecular formula is C22H22FN3O3. The second-order valence-electron chi connectivity index (χ2n) is 7.46. The lowest BCUT2D eigenvalue weighted by Crippen LogP contribution is -2.26. The number of ketones is 1. The molecule has 0 saturated heterocycles. The molecule has 0 bridgehead atoms. The molecule has 4 rings (SSSR count). The third-order valence-electron chi connectivity index (χ3n) is 5.50. The van der Waals surface area contributed by atoms with Gasteiger partial charge in [-0.25, -0.2) is 9.37 Å². The van der Waals surface area contributed by atoms with Crippen LogP contribution in [0.5, 0.6) is 0 Å². The summed E-state index contributed by atoms with van der Waals surface area (Å²) in [6.07, 6.45) is 6.36. The summed E-state index contributed by atoms with van der Waals surface area (Å²) in [6.45, 7) is 0. The van der Waals surface area contributed by atoms with Crippen LogP contribution in [0.4, 0.5) is 10.1 Å². The molecule has 0 spiro atoms. The van der Waals surface area contributed by atoms with Gasteiger partial charge >= 0.3 is 0 Å². The van der Waals surface area contributed by atoms with Gasteiger partial charge in [-0.1, -0.05) is 18.9 Å². The van der Waals surface area contributed by atoms with Crippen molar-refractivity contribution >= 4 is 23.0 Å². The third-order valence-corrected chi connectivity index (χ3v) is 5.50. The number of nitrogens with zero attached hydrogens (tertiary/aromatic N) is 2. The summed E-state index contributed by atoms with van der Waals surface area (Å²) >= 11 is 0. The Morgan fingerprint density at radius 1 is 1.21 bits per heavy atom. The fourth-order valence-corrected chi connectivity index (χ4v) is 3.86. The molecule has 2 aromatic heterocycles. The molecule has 1 aliphatic rings. The van der Waals surface area contributed by atoms with Crippen LogP contribution >= 0.6 is 0 Å². The highest BCUT2D eigenvalue weighted by molar-refractivity contribution is 6.04. The van der Waals surface area contributed by atoms with Crippen molar-refractivity contribution in [1.29, 1.82) is 0 Å². The van der Waals surface area contributed by atoms with Crippen molar-refractivity contribution in [3.05, 3.63) is 65.9 Å². The Hall–Kier alpha value is -3.06. The standard InChI is InChI=1S/C22H22FN3O3/c23-16-9-8-15(20(28)12-14-5-1-2-6-19(14)27)11-17(16)25-22(29)18-13-24-21-7-3-4-10-26(18)21/h3-4,7-11,13-14,19,27H,1-2,5-6,12H2,(H,25,29)/t14-,19+/m0/s1. The lowest BCUT2D eigenvalue weighted by atomic mass is 9.82. The molecule has 2 N–H and O–H groups in total. The number of nitrogens with one attached hydrogen (secondary N) is 1. The average molecular weight is 395 g/mol. The Kier molecular flexibility index (Phi) is 5.40. The van der Waals surface area contributed by atoms with Gasteiger partial charge in [-0.15, -0.1) is 0 Å². The number of Topliss-reactive ketones (excluding diaryl/α,β-unsaturated/α-hetero) is 1. The Morgan fingerprint density at radius 3 is 2.86 bits per heavy atom. The molecule has 3 aromatic rings. The Balaban J connectivity index is 1.52. The number of carbonyl (C=O) groups is 2. The van der Waals surface area contributed by atoms with Gasteiger partial charge in [0, 0.05) is 18.2 Å². The molecule has 1 saturated carbocycles. The smallest absolute Gasteiger partial charge is 0.274 e. The Labute approximate surface area is 167 Å². The number of aliphatic hydroxyl groups is 1. The average Bonchev–Trinajstić information content (AvgIpc) is 3.15. The highest BCUT2D eigenvalue weighted by Gasteiger charge is 2.26. The van der Waals surface area contributed by atoms with Gasteiger partial charge in [0.15, 0.2) is 5.78 Å². The Morgan fingerprint density at radius 2 is 2.03 bits per heavy atom. The summed E-state index contributed by atoms with van der Waals surface area (Å²) < 4.78 is 15.9. The highest BCUT2D eigenvalue weighted by atomic mass is 19.1. The second-order valence-corrected chi connectivity index (χ2v) is 7.46. The van der Waals surface area contributed by atoms with Crippen LogP contribution in [0.25, 0.3) is 5.65 Å². The lowest BCUT2D eigenvalue weighted by molar-refractivity contribution is 0.0583. The van der Waals surface area contributed by atoms with Crippen molar-refractivity contribution in [3.8, 4) is 0 Å². The monoisotopic (exact) mass is 395 g/mol. The SMILES string of the molecule is O=C(C[C@@H]1CCCC[C@H]1O)c1ccc(F)c(NC(=O)c2cnc3ccccn23)c1. The molecule has 0 aliphatic heterocycles. The van der Waals surface area contributed by atoms with Crippen molar-refractivity contribution in [1.82, 2.24) is 9.38 Å². The first-order valence-electron chi connectivity index (χ1n) is 9.77. The van der Waals surface area contributed by atoms with E-state index >= 15 is 0 Å². The number of carbonyl (C=O) groups excluding carboxylic acids is 2. The van der Waals surface area contributed by atoms with Crippen LogP contribution in [-0.4, -0.2) is 32.3 Å². The number of aromatic nitrogens is 2. The predicted octanol–water partition coefficient (Wildman–Crippen LogP) is 3.85. The van der Waals surface area contributed by atoms with Gasteiger partial charge in [-0.05, 0) is 49.1 Å².